The van der Waals surface area contributed by atoms with E-state index in [2.05, 4.69) is 38.8 Å². The summed E-state index contributed by atoms with van der Waals surface area (Å²) in [6.45, 7) is 0.681. The number of nitriles is 1. The number of nitrogens with one attached hydrogen (secondary N) is 2. The van der Waals surface area contributed by atoms with Gasteiger partial charge in [-0.1, -0.05) is 36.4 Å². The number of benzene rings is 2. The van der Waals surface area contributed by atoms with E-state index in [0.717, 1.165) is 24.1 Å². The molecule has 3 aromatic rings. The van der Waals surface area contributed by atoms with Gasteiger partial charge in [-0.25, -0.2) is 9.97 Å². The lowest BCUT2D eigenvalue weighted by molar-refractivity contribution is 0.0933. The van der Waals surface area contributed by atoms with Crippen molar-refractivity contribution in [3.05, 3.63) is 88.7 Å². The van der Waals surface area contributed by atoms with Crippen LogP contribution in [0.15, 0.2) is 60.8 Å². The van der Waals surface area contributed by atoms with Crippen LogP contribution in [0.25, 0.3) is 0 Å². The number of nitrogens with zero attached hydrogens (tertiary/aromatic N) is 3. The number of hydrogen-bond donors (Lipinski definition) is 2. The zero-order chi connectivity index (χ0) is 20.1. The highest BCUT2D eigenvalue weighted by Crippen LogP contribution is 2.21. The number of carbonyl (C=O) groups is 1. The Morgan fingerprint density at radius 1 is 1.17 bits per heavy atom. The molecule has 1 atom stereocenters. The molecule has 6 heteroatoms. The molecule has 0 spiro atoms. The Balaban J connectivity index is 1.37. The SMILES string of the molecule is N#Cc1cccc(C(=O)N[C@@H]2CCc3nc(NCc4ccccc4)ncc3C2)c1. The summed E-state index contributed by atoms with van der Waals surface area (Å²) in [5.41, 5.74) is 4.27. The zero-order valence-electron chi connectivity index (χ0n) is 15.9. The molecule has 1 aromatic heterocycles. The Morgan fingerprint density at radius 3 is 2.86 bits per heavy atom. The predicted octanol–water partition coefficient (Wildman–Crippen LogP) is 3.25. The normalized spacial score (nSPS) is 15.1. The van der Waals surface area contributed by atoms with Gasteiger partial charge >= 0.3 is 0 Å². The molecular formula is C23H21N5O. The van der Waals surface area contributed by atoms with E-state index in [1.165, 1.54) is 5.56 Å². The van der Waals surface area contributed by atoms with Crippen LogP contribution < -0.4 is 10.6 Å². The van der Waals surface area contributed by atoms with Crippen LogP contribution in [0.2, 0.25) is 0 Å². The Morgan fingerprint density at radius 2 is 2.03 bits per heavy atom. The van der Waals surface area contributed by atoms with Gasteiger partial charge in [0.1, 0.15) is 0 Å². The molecule has 1 aliphatic rings. The monoisotopic (exact) mass is 383 g/mol. The summed E-state index contributed by atoms with van der Waals surface area (Å²) in [6, 6.07) is 19.0. The summed E-state index contributed by atoms with van der Waals surface area (Å²) in [6.07, 6.45) is 4.18. The van der Waals surface area contributed by atoms with Crippen LogP contribution in [0.3, 0.4) is 0 Å². The van der Waals surface area contributed by atoms with Crippen molar-refractivity contribution >= 4 is 11.9 Å². The summed E-state index contributed by atoms with van der Waals surface area (Å²) in [5.74, 6) is 0.473. The number of aromatic nitrogens is 2. The maximum atomic E-state index is 12.5. The Kier molecular flexibility index (Phi) is 5.48. The van der Waals surface area contributed by atoms with Crippen LogP contribution in [0, 0.1) is 11.3 Å². The molecule has 144 valence electrons. The van der Waals surface area contributed by atoms with Crippen molar-refractivity contribution in [2.45, 2.75) is 31.8 Å². The highest BCUT2D eigenvalue weighted by molar-refractivity contribution is 5.94. The standard InChI is InChI=1S/C23H21N5O/c24-13-17-7-4-8-18(11-17)22(29)27-20-9-10-21-19(12-20)15-26-23(28-21)25-14-16-5-2-1-3-6-16/h1-8,11,15,20H,9-10,12,14H2,(H,27,29)(H,25,26,28)/t20-/m1/s1. The third-order valence-corrected chi connectivity index (χ3v) is 5.03. The second-order valence-electron chi connectivity index (χ2n) is 7.11. The van der Waals surface area contributed by atoms with Crippen molar-refractivity contribution in [1.82, 2.24) is 15.3 Å². The van der Waals surface area contributed by atoms with E-state index in [0.29, 0.717) is 30.0 Å². The van der Waals surface area contributed by atoms with Crippen molar-refractivity contribution in [1.29, 1.82) is 5.26 Å². The largest absolute Gasteiger partial charge is 0.350 e. The number of amides is 1. The van der Waals surface area contributed by atoms with Gasteiger partial charge in [0, 0.05) is 30.0 Å². The van der Waals surface area contributed by atoms with E-state index < -0.39 is 0 Å². The van der Waals surface area contributed by atoms with Crippen molar-refractivity contribution < 1.29 is 4.79 Å². The number of aryl methyl sites for hydroxylation is 1. The predicted molar refractivity (Wildman–Crippen MR) is 110 cm³/mol. The second-order valence-corrected chi connectivity index (χ2v) is 7.11. The van der Waals surface area contributed by atoms with Gasteiger partial charge in [-0.05, 0) is 48.6 Å². The van der Waals surface area contributed by atoms with Crippen molar-refractivity contribution in [3.63, 3.8) is 0 Å². The number of carbonyl (C=O) groups excluding carboxylic acids is 1. The number of fused-ring (bicyclic) bond motifs is 1. The molecule has 0 aliphatic heterocycles. The molecular weight excluding hydrogens is 362 g/mol. The van der Waals surface area contributed by atoms with Gasteiger partial charge in [-0.15, -0.1) is 0 Å². The summed E-state index contributed by atoms with van der Waals surface area (Å²) < 4.78 is 0. The first-order valence-corrected chi connectivity index (χ1v) is 9.65. The molecule has 6 nitrogen and oxygen atoms in total. The lowest BCUT2D eigenvalue weighted by Crippen LogP contribution is -2.39. The highest BCUT2D eigenvalue weighted by atomic mass is 16.1. The molecule has 29 heavy (non-hydrogen) atoms. The maximum Gasteiger partial charge on any atom is 0.251 e. The minimum absolute atomic E-state index is 0.0347. The first-order valence-electron chi connectivity index (χ1n) is 9.65. The van der Waals surface area contributed by atoms with E-state index in [4.69, 9.17) is 5.26 Å². The third-order valence-electron chi connectivity index (χ3n) is 5.03. The van der Waals surface area contributed by atoms with Gasteiger partial charge < -0.3 is 10.6 Å². The van der Waals surface area contributed by atoms with Crippen LogP contribution in [-0.2, 0) is 19.4 Å². The van der Waals surface area contributed by atoms with E-state index >= 15 is 0 Å². The van der Waals surface area contributed by atoms with Gasteiger partial charge in [-0.3, -0.25) is 4.79 Å². The van der Waals surface area contributed by atoms with E-state index in [-0.39, 0.29) is 11.9 Å². The first kappa shape index (κ1) is 18.6. The molecule has 0 saturated heterocycles. The van der Waals surface area contributed by atoms with Gasteiger partial charge in [-0.2, -0.15) is 5.26 Å². The van der Waals surface area contributed by atoms with Gasteiger partial charge in [0.25, 0.3) is 5.91 Å². The molecule has 2 aromatic carbocycles. The molecule has 4 rings (SSSR count). The van der Waals surface area contributed by atoms with Gasteiger partial charge in [0.05, 0.1) is 11.6 Å². The molecule has 0 fully saturated rings. The lowest BCUT2D eigenvalue weighted by atomic mass is 9.92. The summed E-state index contributed by atoms with van der Waals surface area (Å²) in [4.78, 5) is 21.6. The number of hydrogen-bond acceptors (Lipinski definition) is 5. The topological polar surface area (TPSA) is 90.7 Å². The van der Waals surface area contributed by atoms with E-state index in [1.54, 1.807) is 24.3 Å². The van der Waals surface area contributed by atoms with Gasteiger partial charge in [0.2, 0.25) is 5.95 Å². The Bertz CT molecular complexity index is 1060. The van der Waals surface area contributed by atoms with Gasteiger partial charge in [0.15, 0.2) is 0 Å². The molecule has 1 amide bonds. The van der Waals surface area contributed by atoms with Crippen molar-refractivity contribution in [3.8, 4) is 6.07 Å². The molecule has 0 unspecified atom stereocenters. The van der Waals surface area contributed by atoms with E-state index in [1.807, 2.05) is 24.4 Å². The van der Waals surface area contributed by atoms with Crippen LogP contribution in [0.4, 0.5) is 5.95 Å². The molecule has 1 aliphatic carbocycles. The Hall–Kier alpha value is -3.72. The van der Waals surface area contributed by atoms with Crippen molar-refractivity contribution in [2.75, 3.05) is 5.32 Å². The average Bonchev–Trinajstić information content (AvgIpc) is 2.78. The van der Waals surface area contributed by atoms with Crippen LogP contribution >= 0.6 is 0 Å². The summed E-state index contributed by atoms with van der Waals surface area (Å²) in [5, 5.41) is 15.3. The zero-order valence-corrected chi connectivity index (χ0v) is 15.9. The van der Waals surface area contributed by atoms with Crippen molar-refractivity contribution in [2.24, 2.45) is 0 Å². The van der Waals surface area contributed by atoms with Crippen LogP contribution in [0.1, 0.15) is 39.2 Å². The molecule has 0 bridgehead atoms. The molecule has 2 N–H and O–H groups in total. The fourth-order valence-electron chi connectivity index (χ4n) is 3.49. The Labute approximate surface area is 169 Å². The summed E-state index contributed by atoms with van der Waals surface area (Å²) in [7, 11) is 0. The highest BCUT2D eigenvalue weighted by Gasteiger charge is 2.22. The smallest absolute Gasteiger partial charge is 0.251 e. The average molecular weight is 383 g/mol. The van der Waals surface area contributed by atoms with Crippen LogP contribution in [0.5, 0.6) is 0 Å². The van der Waals surface area contributed by atoms with E-state index in [9.17, 15) is 4.79 Å². The molecule has 0 saturated carbocycles. The quantitative estimate of drug-likeness (QED) is 0.706. The number of rotatable bonds is 5. The minimum atomic E-state index is -0.155. The fourth-order valence-corrected chi connectivity index (χ4v) is 3.49. The first-order chi connectivity index (χ1) is 14.2. The second kappa shape index (κ2) is 8.53. The molecule has 1 heterocycles. The van der Waals surface area contributed by atoms with Crippen LogP contribution in [-0.4, -0.2) is 21.9 Å². The molecule has 0 radical (unpaired) electrons. The minimum Gasteiger partial charge on any atom is -0.350 e. The summed E-state index contributed by atoms with van der Waals surface area (Å²) >= 11 is 0. The fraction of sp³-hybridized carbons (Fsp3) is 0.217. The maximum absolute atomic E-state index is 12.5. The third kappa shape index (κ3) is 4.58. The lowest BCUT2D eigenvalue weighted by Gasteiger charge is -2.25. The number of anilines is 1.